The van der Waals surface area contributed by atoms with Crippen LogP contribution in [0.15, 0.2) is 54.9 Å². The summed E-state index contributed by atoms with van der Waals surface area (Å²) >= 11 is 0. The molecule has 1 fully saturated rings. The number of amides is 1. The fraction of sp³-hybridized carbons (Fsp3) is 0.300. The fourth-order valence-corrected chi connectivity index (χ4v) is 3.36. The van der Waals surface area contributed by atoms with Crippen LogP contribution in [0.1, 0.15) is 24.1 Å². The zero-order chi connectivity index (χ0) is 18.5. The van der Waals surface area contributed by atoms with Gasteiger partial charge in [-0.3, -0.25) is 9.89 Å². The second kappa shape index (κ2) is 7.99. The maximum absolute atomic E-state index is 12.6. The summed E-state index contributed by atoms with van der Waals surface area (Å²) in [6, 6.07) is 13.9. The monoisotopic (exact) mass is 362 g/mol. The van der Waals surface area contributed by atoms with E-state index in [2.05, 4.69) is 42.5 Å². The molecule has 7 nitrogen and oxygen atoms in total. The topological polar surface area (TPSA) is 86.8 Å². The van der Waals surface area contributed by atoms with Gasteiger partial charge in [0.05, 0.1) is 0 Å². The van der Waals surface area contributed by atoms with Crippen LogP contribution < -0.4 is 10.2 Å². The first kappa shape index (κ1) is 17.2. The molecule has 0 spiro atoms. The number of benzene rings is 1. The lowest BCUT2D eigenvalue weighted by Crippen LogP contribution is -2.39. The van der Waals surface area contributed by atoms with Gasteiger partial charge < -0.3 is 10.2 Å². The molecule has 1 aliphatic rings. The number of carbonyl (C=O) groups excluding carboxylic acids is 1. The fourth-order valence-electron chi connectivity index (χ4n) is 3.36. The van der Waals surface area contributed by atoms with Crippen LogP contribution in [0.4, 0.5) is 11.8 Å². The molecule has 3 heterocycles. The number of nitrogens with one attached hydrogen (secondary N) is 2. The van der Waals surface area contributed by atoms with E-state index in [1.54, 1.807) is 18.5 Å². The number of carbonyl (C=O) groups is 1. The van der Waals surface area contributed by atoms with Gasteiger partial charge in [0.1, 0.15) is 0 Å². The lowest BCUT2D eigenvalue weighted by atomic mass is 9.96. The number of H-pyrrole nitrogens is 1. The van der Waals surface area contributed by atoms with Crippen molar-refractivity contribution in [2.24, 2.45) is 5.92 Å². The highest BCUT2D eigenvalue weighted by Gasteiger charge is 2.26. The summed E-state index contributed by atoms with van der Waals surface area (Å²) in [5.74, 6) is 1.33. The molecule has 0 radical (unpaired) electrons. The third-order valence-electron chi connectivity index (χ3n) is 4.82. The van der Waals surface area contributed by atoms with E-state index in [1.165, 1.54) is 5.56 Å². The Morgan fingerprint density at radius 2 is 1.85 bits per heavy atom. The number of hydrogen-bond donors (Lipinski definition) is 2. The Kier molecular flexibility index (Phi) is 5.09. The first-order valence-corrected chi connectivity index (χ1v) is 9.19. The molecular formula is C20H22N6O. The van der Waals surface area contributed by atoms with Gasteiger partial charge in [-0.25, -0.2) is 9.97 Å². The quantitative estimate of drug-likeness (QED) is 0.729. The molecule has 0 saturated carbocycles. The van der Waals surface area contributed by atoms with Gasteiger partial charge in [0.2, 0.25) is 11.9 Å². The second-order valence-corrected chi connectivity index (χ2v) is 6.74. The molecule has 1 amide bonds. The SMILES string of the molecule is O=C(Nc1cc(Cc2ccccc2)[nH]n1)C1CCN(c2ncccn2)CC1. The standard InChI is InChI=1S/C20H22N6O/c27-19(16-7-11-26(12-8-16)20-21-9-4-10-22-20)23-18-14-17(24-25-18)13-15-5-2-1-3-6-15/h1-6,9-10,14,16H,7-8,11-13H2,(H2,23,24,25,27). The van der Waals surface area contributed by atoms with Gasteiger partial charge in [0, 0.05) is 49.6 Å². The van der Waals surface area contributed by atoms with Crippen LogP contribution in [0.5, 0.6) is 0 Å². The summed E-state index contributed by atoms with van der Waals surface area (Å²) < 4.78 is 0. The van der Waals surface area contributed by atoms with E-state index in [0.717, 1.165) is 44.0 Å². The molecule has 4 rings (SSSR count). The van der Waals surface area contributed by atoms with Crippen molar-refractivity contribution < 1.29 is 4.79 Å². The number of nitrogens with zero attached hydrogens (tertiary/aromatic N) is 4. The van der Waals surface area contributed by atoms with E-state index in [4.69, 9.17) is 0 Å². The van der Waals surface area contributed by atoms with Crippen molar-refractivity contribution in [3.05, 3.63) is 66.1 Å². The van der Waals surface area contributed by atoms with Crippen LogP contribution >= 0.6 is 0 Å². The highest BCUT2D eigenvalue weighted by molar-refractivity contribution is 5.91. The average molecular weight is 362 g/mol. The lowest BCUT2D eigenvalue weighted by Gasteiger charge is -2.31. The number of rotatable bonds is 5. The molecule has 0 unspecified atom stereocenters. The minimum atomic E-state index is -0.0146. The molecule has 0 atom stereocenters. The van der Waals surface area contributed by atoms with Gasteiger partial charge in [-0.15, -0.1) is 0 Å². The lowest BCUT2D eigenvalue weighted by molar-refractivity contribution is -0.120. The summed E-state index contributed by atoms with van der Waals surface area (Å²) in [4.78, 5) is 23.2. The Bertz CT molecular complexity index is 872. The van der Waals surface area contributed by atoms with E-state index >= 15 is 0 Å². The first-order valence-electron chi connectivity index (χ1n) is 9.19. The number of aromatic nitrogens is 4. The maximum atomic E-state index is 12.6. The Labute approximate surface area is 157 Å². The van der Waals surface area contributed by atoms with Crippen molar-refractivity contribution in [3.63, 3.8) is 0 Å². The molecule has 27 heavy (non-hydrogen) atoms. The number of anilines is 2. The molecule has 138 valence electrons. The highest BCUT2D eigenvalue weighted by Crippen LogP contribution is 2.22. The average Bonchev–Trinajstić information content (AvgIpc) is 3.16. The normalized spacial score (nSPS) is 14.9. The van der Waals surface area contributed by atoms with Gasteiger partial charge in [0.15, 0.2) is 5.82 Å². The highest BCUT2D eigenvalue weighted by atomic mass is 16.2. The predicted molar refractivity (Wildman–Crippen MR) is 103 cm³/mol. The van der Waals surface area contributed by atoms with Crippen LogP contribution in [0.3, 0.4) is 0 Å². The number of aromatic amines is 1. The minimum Gasteiger partial charge on any atom is -0.341 e. The van der Waals surface area contributed by atoms with Crippen LogP contribution in [-0.2, 0) is 11.2 Å². The molecule has 1 saturated heterocycles. The van der Waals surface area contributed by atoms with E-state index < -0.39 is 0 Å². The zero-order valence-corrected chi connectivity index (χ0v) is 15.0. The molecule has 2 aromatic heterocycles. The number of piperidine rings is 1. The van der Waals surface area contributed by atoms with Crippen molar-refractivity contribution in [1.29, 1.82) is 0 Å². The number of hydrogen-bond acceptors (Lipinski definition) is 5. The van der Waals surface area contributed by atoms with Crippen molar-refractivity contribution in [2.45, 2.75) is 19.3 Å². The first-order chi connectivity index (χ1) is 13.3. The van der Waals surface area contributed by atoms with Crippen molar-refractivity contribution >= 4 is 17.7 Å². The molecular weight excluding hydrogens is 340 g/mol. The third kappa shape index (κ3) is 4.31. The molecule has 0 aliphatic carbocycles. The molecule has 3 aromatic rings. The third-order valence-corrected chi connectivity index (χ3v) is 4.82. The minimum absolute atomic E-state index is 0.0146. The molecule has 1 aromatic carbocycles. The summed E-state index contributed by atoms with van der Waals surface area (Å²) in [6.45, 7) is 1.56. The van der Waals surface area contributed by atoms with Crippen LogP contribution in [0, 0.1) is 5.92 Å². The van der Waals surface area contributed by atoms with Gasteiger partial charge >= 0.3 is 0 Å². The zero-order valence-electron chi connectivity index (χ0n) is 15.0. The van der Waals surface area contributed by atoms with Gasteiger partial charge in [-0.1, -0.05) is 30.3 Å². The predicted octanol–water partition coefficient (Wildman–Crippen LogP) is 2.65. The summed E-state index contributed by atoms with van der Waals surface area (Å²) in [7, 11) is 0. The van der Waals surface area contributed by atoms with E-state index in [9.17, 15) is 4.79 Å². The second-order valence-electron chi connectivity index (χ2n) is 6.74. The van der Waals surface area contributed by atoms with E-state index in [0.29, 0.717) is 5.82 Å². The molecule has 0 bridgehead atoms. The van der Waals surface area contributed by atoms with Crippen molar-refractivity contribution in [2.75, 3.05) is 23.3 Å². The summed E-state index contributed by atoms with van der Waals surface area (Å²) in [5.41, 5.74) is 2.18. The maximum Gasteiger partial charge on any atom is 0.228 e. The smallest absolute Gasteiger partial charge is 0.228 e. The molecule has 1 aliphatic heterocycles. The van der Waals surface area contributed by atoms with Crippen LogP contribution in [0.25, 0.3) is 0 Å². The molecule has 2 N–H and O–H groups in total. The summed E-state index contributed by atoms with van der Waals surface area (Å²) in [6.07, 6.45) is 5.81. The van der Waals surface area contributed by atoms with Gasteiger partial charge in [-0.2, -0.15) is 5.10 Å². The summed E-state index contributed by atoms with van der Waals surface area (Å²) in [5, 5.41) is 10.2. The Morgan fingerprint density at radius 1 is 1.11 bits per heavy atom. The van der Waals surface area contributed by atoms with Crippen molar-refractivity contribution in [1.82, 2.24) is 20.2 Å². The van der Waals surface area contributed by atoms with Gasteiger partial charge in [-0.05, 0) is 24.5 Å². The van der Waals surface area contributed by atoms with Crippen molar-refractivity contribution in [3.8, 4) is 0 Å². The Hall–Kier alpha value is -3.22. The largest absolute Gasteiger partial charge is 0.341 e. The van der Waals surface area contributed by atoms with Crippen LogP contribution in [-0.4, -0.2) is 39.2 Å². The van der Waals surface area contributed by atoms with Crippen LogP contribution in [0.2, 0.25) is 0 Å². The Morgan fingerprint density at radius 3 is 2.59 bits per heavy atom. The van der Waals surface area contributed by atoms with Gasteiger partial charge in [0.25, 0.3) is 0 Å². The molecule has 7 heteroatoms. The Balaban J connectivity index is 1.30. The van der Waals surface area contributed by atoms with E-state index in [-0.39, 0.29) is 11.8 Å². The van der Waals surface area contributed by atoms with E-state index in [1.807, 2.05) is 24.3 Å².